The Balaban J connectivity index is 1.72. The van der Waals surface area contributed by atoms with Crippen LogP contribution in [0, 0.1) is 0 Å². The van der Waals surface area contributed by atoms with Crippen molar-refractivity contribution >= 4 is 23.1 Å². The van der Waals surface area contributed by atoms with E-state index in [4.69, 9.17) is 4.74 Å². The molecule has 0 saturated carbocycles. The Morgan fingerprint density at radius 2 is 1.79 bits per heavy atom. The number of amides is 1. The number of hydrogen-bond acceptors (Lipinski definition) is 5. The predicted molar refractivity (Wildman–Crippen MR) is 90.7 cm³/mol. The van der Waals surface area contributed by atoms with Crippen LogP contribution in [-0.2, 0) is 4.74 Å². The van der Waals surface area contributed by atoms with Gasteiger partial charge in [-0.3, -0.25) is 14.6 Å². The second kappa shape index (κ2) is 7.23. The molecule has 24 heavy (non-hydrogen) atoms. The first-order valence-electron chi connectivity index (χ1n) is 7.84. The third-order valence-electron chi connectivity index (χ3n) is 3.86. The highest BCUT2D eigenvalue weighted by atomic mass is 16.5. The van der Waals surface area contributed by atoms with Crippen molar-refractivity contribution in [3.8, 4) is 0 Å². The molecule has 1 N–H and O–H groups in total. The molecule has 2 heterocycles. The quantitative estimate of drug-likeness (QED) is 0.875. The van der Waals surface area contributed by atoms with Gasteiger partial charge >= 0.3 is 0 Å². The van der Waals surface area contributed by atoms with Gasteiger partial charge in [0.25, 0.3) is 5.91 Å². The van der Waals surface area contributed by atoms with Gasteiger partial charge < -0.3 is 15.0 Å². The second-order valence-corrected chi connectivity index (χ2v) is 5.59. The van der Waals surface area contributed by atoms with Gasteiger partial charge in [-0.1, -0.05) is 0 Å². The molecule has 0 bridgehead atoms. The molecule has 1 fully saturated rings. The van der Waals surface area contributed by atoms with Crippen LogP contribution < -0.4 is 5.32 Å². The van der Waals surface area contributed by atoms with E-state index < -0.39 is 0 Å². The standard InChI is InChI=1S/C18H19N3O3/c1-13(22)14-2-4-15(5-3-14)20-16-6-7-19-17(12-16)18(23)21-8-10-24-11-9-21/h2-7,12H,8-11H2,1H3,(H,19,20). The Hall–Kier alpha value is -2.73. The molecule has 0 radical (unpaired) electrons. The SMILES string of the molecule is CC(=O)c1ccc(Nc2ccnc(C(=O)N3CCOCC3)c2)cc1. The van der Waals surface area contributed by atoms with Gasteiger partial charge in [0.05, 0.1) is 13.2 Å². The molecule has 0 unspecified atom stereocenters. The molecule has 0 spiro atoms. The summed E-state index contributed by atoms with van der Waals surface area (Å²) in [4.78, 5) is 29.7. The van der Waals surface area contributed by atoms with Crippen LogP contribution in [0.4, 0.5) is 11.4 Å². The highest BCUT2D eigenvalue weighted by molar-refractivity contribution is 5.95. The Bertz CT molecular complexity index is 737. The van der Waals surface area contributed by atoms with Crippen molar-refractivity contribution < 1.29 is 14.3 Å². The molecule has 1 aromatic carbocycles. The van der Waals surface area contributed by atoms with E-state index in [0.717, 1.165) is 11.4 Å². The second-order valence-electron chi connectivity index (χ2n) is 5.59. The lowest BCUT2D eigenvalue weighted by molar-refractivity contribution is 0.0299. The van der Waals surface area contributed by atoms with E-state index in [1.165, 1.54) is 6.92 Å². The first kappa shape index (κ1) is 16.1. The van der Waals surface area contributed by atoms with Gasteiger partial charge in [-0.05, 0) is 43.3 Å². The number of hydrogen-bond donors (Lipinski definition) is 1. The summed E-state index contributed by atoms with van der Waals surface area (Å²) in [6.45, 7) is 3.84. The van der Waals surface area contributed by atoms with Gasteiger partial charge in [0.15, 0.2) is 5.78 Å². The van der Waals surface area contributed by atoms with Gasteiger partial charge in [0, 0.05) is 36.2 Å². The number of carbonyl (C=O) groups excluding carboxylic acids is 2. The Kier molecular flexibility index (Phi) is 4.86. The van der Waals surface area contributed by atoms with E-state index in [2.05, 4.69) is 10.3 Å². The predicted octanol–water partition coefficient (Wildman–Crippen LogP) is 2.50. The van der Waals surface area contributed by atoms with E-state index in [-0.39, 0.29) is 11.7 Å². The third-order valence-corrected chi connectivity index (χ3v) is 3.86. The topological polar surface area (TPSA) is 71.5 Å². The number of nitrogens with zero attached hydrogens (tertiary/aromatic N) is 2. The lowest BCUT2D eigenvalue weighted by atomic mass is 10.1. The summed E-state index contributed by atoms with van der Waals surface area (Å²) >= 11 is 0. The Labute approximate surface area is 140 Å². The average molecular weight is 325 g/mol. The molecule has 6 heteroatoms. The maximum atomic E-state index is 12.5. The van der Waals surface area contributed by atoms with E-state index in [9.17, 15) is 9.59 Å². The monoisotopic (exact) mass is 325 g/mol. The van der Waals surface area contributed by atoms with E-state index in [1.54, 1.807) is 35.4 Å². The Morgan fingerprint density at radius 1 is 1.08 bits per heavy atom. The van der Waals surface area contributed by atoms with Crippen molar-refractivity contribution in [1.29, 1.82) is 0 Å². The average Bonchev–Trinajstić information content (AvgIpc) is 2.62. The molecule has 1 aromatic heterocycles. The number of Topliss-reactive ketones (excluding diaryl/α,β-unsaturated/α-hetero) is 1. The molecule has 1 aliphatic heterocycles. The zero-order valence-electron chi connectivity index (χ0n) is 13.5. The fourth-order valence-corrected chi connectivity index (χ4v) is 2.51. The van der Waals surface area contributed by atoms with Crippen molar-refractivity contribution in [2.45, 2.75) is 6.92 Å². The Morgan fingerprint density at radius 3 is 2.46 bits per heavy atom. The molecule has 1 saturated heterocycles. The molecule has 1 amide bonds. The fourth-order valence-electron chi connectivity index (χ4n) is 2.51. The summed E-state index contributed by atoms with van der Waals surface area (Å²) in [6.07, 6.45) is 1.61. The normalized spacial score (nSPS) is 14.3. The van der Waals surface area contributed by atoms with Crippen LogP contribution in [0.1, 0.15) is 27.8 Å². The van der Waals surface area contributed by atoms with Gasteiger partial charge in [-0.25, -0.2) is 0 Å². The molecule has 3 rings (SSSR count). The third kappa shape index (κ3) is 3.78. The van der Waals surface area contributed by atoms with Crippen LogP contribution >= 0.6 is 0 Å². The van der Waals surface area contributed by atoms with E-state index in [1.807, 2.05) is 12.1 Å². The maximum absolute atomic E-state index is 12.5. The van der Waals surface area contributed by atoms with Gasteiger partial charge in [0.2, 0.25) is 0 Å². The summed E-state index contributed by atoms with van der Waals surface area (Å²) in [5.74, 6) is -0.0577. The van der Waals surface area contributed by atoms with Crippen molar-refractivity contribution in [2.75, 3.05) is 31.6 Å². The zero-order chi connectivity index (χ0) is 16.9. The number of carbonyl (C=O) groups is 2. The minimum atomic E-state index is -0.0890. The lowest BCUT2D eigenvalue weighted by Crippen LogP contribution is -2.41. The number of benzene rings is 1. The van der Waals surface area contributed by atoms with Crippen LogP contribution in [0.25, 0.3) is 0 Å². The summed E-state index contributed by atoms with van der Waals surface area (Å²) < 4.78 is 5.26. The van der Waals surface area contributed by atoms with Crippen molar-refractivity contribution in [2.24, 2.45) is 0 Å². The van der Waals surface area contributed by atoms with Crippen molar-refractivity contribution in [3.05, 3.63) is 53.9 Å². The number of anilines is 2. The molecular formula is C18H19N3O3. The largest absolute Gasteiger partial charge is 0.378 e. The number of nitrogens with one attached hydrogen (secondary N) is 1. The summed E-state index contributed by atoms with van der Waals surface area (Å²) in [5.41, 5.74) is 2.69. The molecule has 0 atom stereocenters. The summed E-state index contributed by atoms with van der Waals surface area (Å²) in [5, 5.41) is 3.22. The smallest absolute Gasteiger partial charge is 0.272 e. The number of ketones is 1. The van der Waals surface area contributed by atoms with Crippen LogP contribution in [0.3, 0.4) is 0 Å². The summed E-state index contributed by atoms with van der Waals surface area (Å²) in [6, 6.07) is 10.7. The van der Waals surface area contributed by atoms with E-state index in [0.29, 0.717) is 37.6 Å². The highest BCUT2D eigenvalue weighted by Crippen LogP contribution is 2.18. The molecule has 124 valence electrons. The number of morpholine rings is 1. The number of rotatable bonds is 4. The summed E-state index contributed by atoms with van der Waals surface area (Å²) in [7, 11) is 0. The zero-order valence-corrected chi connectivity index (χ0v) is 13.5. The minimum absolute atomic E-state index is 0.0313. The van der Waals surface area contributed by atoms with Crippen LogP contribution in [0.2, 0.25) is 0 Å². The molecule has 2 aromatic rings. The van der Waals surface area contributed by atoms with E-state index >= 15 is 0 Å². The number of aromatic nitrogens is 1. The van der Waals surface area contributed by atoms with Crippen LogP contribution in [0.15, 0.2) is 42.6 Å². The molecular weight excluding hydrogens is 306 g/mol. The van der Waals surface area contributed by atoms with Crippen LogP contribution in [0.5, 0.6) is 0 Å². The number of ether oxygens (including phenoxy) is 1. The molecule has 1 aliphatic rings. The first-order valence-corrected chi connectivity index (χ1v) is 7.84. The first-order chi connectivity index (χ1) is 11.6. The van der Waals surface area contributed by atoms with Crippen molar-refractivity contribution in [3.63, 3.8) is 0 Å². The van der Waals surface area contributed by atoms with Crippen molar-refractivity contribution in [1.82, 2.24) is 9.88 Å². The number of pyridine rings is 1. The molecule has 6 nitrogen and oxygen atoms in total. The fraction of sp³-hybridized carbons (Fsp3) is 0.278. The van der Waals surface area contributed by atoms with Gasteiger partial charge in [0.1, 0.15) is 5.69 Å². The lowest BCUT2D eigenvalue weighted by Gasteiger charge is -2.26. The highest BCUT2D eigenvalue weighted by Gasteiger charge is 2.19. The maximum Gasteiger partial charge on any atom is 0.272 e. The van der Waals surface area contributed by atoms with Gasteiger partial charge in [-0.15, -0.1) is 0 Å². The van der Waals surface area contributed by atoms with Crippen LogP contribution in [-0.4, -0.2) is 47.9 Å². The van der Waals surface area contributed by atoms with Gasteiger partial charge in [-0.2, -0.15) is 0 Å². The molecule has 0 aliphatic carbocycles. The minimum Gasteiger partial charge on any atom is -0.378 e.